The first-order valence-corrected chi connectivity index (χ1v) is 4.49. The minimum Gasteiger partial charge on any atom is -0.371 e. The van der Waals surface area contributed by atoms with Gasteiger partial charge in [-0.25, -0.2) is 0 Å². The summed E-state index contributed by atoms with van der Waals surface area (Å²) in [6.07, 6.45) is -1.20. The Morgan fingerprint density at radius 3 is 2.41 bits per heavy atom. The Morgan fingerprint density at radius 2 is 1.94 bits per heavy atom. The maximum Gasteiger partial charge on any atom is 0.305 e. The lowest BCUT2D eigenvalue weighted by Crippen LogP contribution is -2.11. The highest BCUT2D eigenvalue weighted by molar-refractivity contribution is 5.36. The first kappa shape index (κ1) is 13.5. The molecule has 1 aromatic carbocycles. The fourth-order valence-corrected chi connectivity index (χ4v) is 1.19. The topological polar surface area (TPSA) is 102 Å². The summed E-state index contributed by atoms with van der Waals surface area (Å²) in [5.41, 5.74) is -0.628. The zero-order chi connectivity index (χ0) is 12.8. The molecule has 0 radical (unpaired) electrons. The van der Waals surface area contributed by atoms with Crippen molar-refractivity contribution in [3.63, 3.8) is 0 Å². The molecule has 1 aromatic rings. The van der Waals surface area contributed by atoms with Crippen LogP contribution in [0.5, 0.6) is 0 Å². The van der Waals surface area contributed by atoms with Crippen LogP contribution in [-0.2, 0) is 9.47 Å². The molecule has 0 spiro atoms. The Morgan fingerprint density at radius 1 is 1.35 bits per heavy atom. The highest BCUT2D eigenvalue weighted by Crippen LogP contribution is 2.25. The number of halogens is 1. The molecule has 2 N–H and O–H groups in total. The minimum absolute atomic E-state index is 0.112. The van der Waals surface area contributed by atoms with Gasteiger partial charge in [-0.15, -0.1) is 0 Å². The molecule has 0 aromatic heterocycles. The molecule has 0 bridgehead atoms. The van der Waals surface area contributed by atoms with Crippen LogP contribution in [0.3, 0.4) is 0 Å². The summed E-state index contributed by atoms with van der Waals surface area (Å²) in [6.45, 7) is -1.42. The van der Waals surface area contributed by atoms with E-state index in [1.54, 1.807) is 0 Å². The van der Waals surface area contributed by atoms with Crippen LogP contribution in [0.4, 0.5) is 10.1 Å². The summed E-state index contributed by atoms with van der Waals surface area (Å²) in [6, 6.07) is 2.98. The molecule has 1 rings (SSSR count). The van der Waals surface area contributed by atoms with Gasteiger partial charge in [0, 0.05) is 11.6 Å². The quantitative estimate of drug-likeness (QED) is 0.435. The van der Waals surface area contributed by atoms with E-state index < -0.39 is 36.3 Å². The predicted octanol–water partition coefficient (Wildman–Crippen LogP) is 0.665. The molecule has 0 fully saturated rings. The van der Waals surface area contributed by atoms with E-state index in [0.717, 1.165) is 12.1 Å². The third kappa shape index (κ3) is 3.43. The van der Waals surface area contributed by atoms with Gasteiger partial charge < -0.3 is 19.7 Å². The minimum atomic E-state index is -1.20. The average molecular weight is 247 g/mol. The van der Waals surface area contributed by atoms with Crippen LogP contribution in [0.25, 0.3) is 0 Å². The van der Waals surface area contributed by atoms with Crippen LogP contribution in [0, 0.1) is 15.9 Å². The lowest BCUT2D eigenvalue weighted by Gasteiger charge is -2.15. The van der Waals surface area contributed by atoms with Crippen LogP contribution >= 0.6 is 0 Å². The zero-order valence-corrected chi connectivity index (χ0v) is 8.58. The van der Waals surface area contributed by atoms with Gasteiger partial charge in [0.1, 0.15) is 13.6 Å². The van der Waals surface area contributed by atoms with Gasteiger partial charge in [-0.3, -0.25) is 10.1 Å². The second-order valence-electron chi connectivity index (χ2n) is 2.89. The number of nitro groups is 1. The molecule has 94 valence electrons. The van der Waals surface area contributed by atoms with E-state index in [0.29, 0.717) is 0 Å². The normalized spacial score (nSPS) is 10.8. The molecule has 0 aliphatic rings. The molecular formula is C9H10FNO6. The molecule has 0 heterocycles. The highest BCUT2D eigenvalue weighted by Gasteiger charge is 2.19. The van der Waals surface area contributed by atoms with E-state index in [1.165, 1.54) is 6.07 Å². The van der Waals surface area contributed by atoms with E-state index >= 15 is 0 Å². The number of nitro benzene ring substituents is 1. The molecular weight excluding hydrogens is 237 g/mol. The van der Waals surface area contributed by atoms with Crippen LogP contribution < -0.4 is 0 Å². The van der Waals surface area contributed by atoms with Crippen molar-refractivity contribution < 1.29 is 29.0 Å². The van der Waals surface area contributed by atoms with Crippen LogP contribution in [0.2, 0.25) is 0 Å². The molecule has 8 heteroatoms. The van der Waals surface area contributed by atoms with Gasteiger partial charge in [0.05, 0.1) is 4.92 Å². The van der Waals surface area contributed by atoms with Gasteiger partial charge >= 0.3 is 5.69 Å². The first-order chi connectivity index (χ1) is 8.10. The van der Waals surface area contributed by atoms with Crippen LogP contribution in [-0.4, -0.2) is 28.7 Å². The monoisotopic (exact) mass is 247 g/mol. The van der Waals surface area contributed by atoms with E-state index in [-0.39, 0.29) is 5.56 Å². The predicted molar refractivity (Wildman–Crippen MR) is 52.1 cm³/mol. The molecule has 0 saturated heterocycles. The van der Waals surface area contributed by atoms with Gasteiger partial charge in [0.2, 0.25) is 5.82 Å². The Kier molecular flexibility index (Phi) is 4.91. The second-order valence-corrected chi connectivity index (χ2v) is 2.89. The van der Waals surface area contributed by atoms with Crippen molar-refractivity contribution >= 4 is 5.69 Å². The number of rotatable bonds is 6. The van der Waals surface area contributed by atoms with Crippen molar-refractivity contribution in [1.29, 1.82) is 0 Å². The molecule has 17 heavy (non-hydrogen) atoms. The molecule has 0 unspecified atom stereocenters. The maximum atomic E-state index is 13.0. The molecule has 7 nitrogen and oxygen atoms in total. The number of hydrogen-bond acceptors (Lipinski definition) is 6. The van der Waals surface area contributed by atoms with Crippen molar-refractivity contribution in [2.45, 2.75) is 6.29 Å². The SMILES string of the molecule is O=[N+]([O-])c1cc(C(OCO)OCO)ccc1F. The smallest absolute Gasteiger partial charge is 0.305 e. The molecule has 0 saturated carbocycles. The van der Waals surface area contributed by atoms with E-state index in [9.17, 15) is 14.5 Å². The third-order valence-electron chi connectivity index (χ3n) is 1.89. The average Bonchev–Trinajstić information content (AvgIpc) is 2.29. The van der Waals surface area contributed by atoms with Gasteiger partial charge in [0.25, 0.3) is 0 Å². The van der Waals surface area contributed by atoms with Crippen molar-refractivity contribution in [3.05, 3.63) is 39.7 Å². The summed E-state index contributed by atoms with van der Waals surface area (Å²) in [5, 5.41) is 27.6. The number of hydrogen-bond donors (Lipinski definition) is 2. The summed E-state index contributed by atoms with van der Waals surface area (Å²) in [7, 11) is 0. The molecule has 0 amide bonds. The van der Waals surface area contributed by atoms with Gasteiger partial charge in [-0.05, 0) is 6.07 Å². The number of nitrogens with zero attached hydrogens (tertiary/aromatic N) is 1. The Hall–Kier alpha value is -1.61. The standard InChI is InChI=1S/C9H10FNO6/c10-7-2-1-6(3-8(7)11(14)15)9(16-4-12)17-5-13/h1-3,9,12-13H,4-5H2. The molecule has 0 atom stereocenters. The van der Waals surface area contributed by atoms with Crippen molar-refractivity contribution in [3.8, 4) is 0 Å². The maximum absolute atomic E-state index is 13.0. The Labute approximate surface area is 95.2 Å². The second kappa shape index (κ2) is 6.21. The Balaban J connectivity index is 3.03. The van der Waals surface area contributed by atoms with Crippen LogP contribution in [0.15, 0.2) is 18.2 Å². The van der Waals surface area contributed by atoms with E-state index in [2.05, 4.69) is 9.47 Å². The fraction of sp³-hybridized carbons (Fsp3) is 0.333. The lowest BCUT2D eigenvalue weighted by molar-refractivity contribution is -0.387. The number of benzene rings is 1. The van der Waals surface area contributed by atoms with Gasteiger partial charge in [0.15, 0.2) is 6.29 Å². The van der Waals surface area contributed by atoms with Crippen LogP contribution in [0.1, 0.15) is 11.9 Å². The Bertz CT molecular complexity index is 393. The fourth-order valence-electron chi connectivity index (χ4n) is 1.19. The van der Waals surface area contributed by atoms with Gasteiger partial charge in [-0.2, -0.15) is 4.39 Å². The van der Waals surface area contributed by atoms with E-state index in [4.69, 9.17) is 10.2 Å². The highest BCUT2D eigenvalue weighted by atomic mass is 19.1. The van der Waals surface area contributed by atoms with Crippen molar-refractivity contribution in [2.24, 2.45) is 0 Å². The molecule has 0 aliphatic heterocycles. The zero-order valence-electron chi connectivity index (χ0n) is 8.58. The van der Waals surface area contributed by atoms with Crippen molar-refractivity contribution in [2.75, 3.05) is 13.6 Å². The summed E-state index contributed by atoms with van der Waals surface area (Å²) in [4.78, 5) is 9.60. The van der Waals surface area contributed by atoms with Crippen molar-refractivity contribution in [1.82, 2.24) is 0 Å². The number of aliphatic hydroxyl groups is 2. The molecule has 0 aliphatic carbocycles. The first-order valence-electron chi connectivity index (χ1n) is 4.49. The summed E-state index contributed by atoms with van der Waals surface area (Å²) >= 11 is 0. The van der Waals surface area contributed by atoms with Gasteiger partial charge in [-0.1, -0.05) is 6.07 Å². The summed E-state index contributed by atoms with van der Waals surface area (Å²) < 4.78 is 22.4. The third-order valence-corrected chi connectivity index (χ3v) is 1.89. The largest absolute Gasteiger partial charge is 0.371 e. The van der Waals surface area contributed by atoms with E-state index in [1.807, 2.05) is 0 Å². The lowest BCUT2D eigenvalue weighted by atomic mass is 10.2. The summed E-state index contributed by atoms with van der Waals surface area (Å²) in [5.74, 6) is -0.995. The number of ether oxygens (including phenoxy) is 2. The number of aliphatic hydroxyl groups excluding tert-OH is 2.